The van der Waals surface area contributed by atoms with Crippen molar-refractivity contribution in [3.8, 4) is 5.75 Å². The summed E-state index contributed by atoms with van der Waals surface area (Å²) in [5.41, 5.74) is 0.474. The second-order valence-corrected chi connectivity index (χ2v) is 9.71. The number of hydrogen-bond donors (Lipinski definition) is 1. The van der Waals surface area contributed by atoms with E-state index in [9.17, 15) is 16.8 Å². The molecule has 0 aliphatic heterocycles. The molecule has 0 heterocycles. The third-order valence-electron chi connectivity index (χ3n) is 3.11. The molecule has 138 valence electrons. The minimum absolute atomic E-state index is 0.0297. The predicted octanol–water partition coefficient (Wildman–Crippen LogP) is 0.636. The Bertz CT molecular complexity index is 728. The Morgan fingerprint density at radius 3 is 2.04 bits per heavy atom. The lowest BCUT2D eigenvalue weighted by molar-refractivity contribution is 0.242. The van der Waals surface area contributed by atoms with Gasteiger partial charge in [0.2, 0.25) is 10.0 Å². The lowest BCUT2D eigenvalue weighted by Gasteiger charge is -2.20. The standard InChI is InChI=1S/C14H25N3O5S2/c1-12(2)22-14-8-6-13(7-9-14)17(5)23(18,19)11-10-15-24(20,21)16(3)4/h6-9,12,15H,10-11H2,1-5H3. The number of nitrogens with one attached hydrogen (secondary N) is 1. The molecular formula is C14H25N3O5S2. The maximum absolute atomic E-state index is 12.3. The van der Waals surface area contributed by atoms with Crippen molar-refractivity contribution in [1.82, 2.24) is 9.03 Å². The molecule has 0 unspecified atom stereocenters. The first kappa shape index (κ1) is 20.7. The summed E-state index contributed by atoms with van der Waals surface area (Å²) < 4.78 is 57.6. The van der Waals surface area contributed by atoms with E-state index < -0.39 is 20.2 Å². The number of ether oxygens (including phenoxy) is 1. The Morgan fingerprint density at radius 1 is 1.04 bits per heavy atom. The van der Waals surface area contributed by atoms with Gasteiger partial charge < -0.3 is 4.74 Å². The topological polar surface area (TPSA) is 96.0 Å². The van der Waals surface area contributed by atoms with Crippen LogP contribution in [0.1, 0.15) is 13.8 Å². The number of hydrogen-bond acceptors (Lipinski definition) is 5. The van der Waals surface area contributed by atoms with Crippen molar-refractivity contribution >= 4 is 25.9 Å². The van der Waals surface area contributed by atoms with Gasteiger partial charge in [0.15, 0.2) is 0 Å². The largest absolute Gasteiger partial charge is 0.491 e. The van der Waals surface area contributed by atoms with E-state index in [-0.39, 0.29) is 18.4 Å². The van der Waals surface area contributed by atoms with Crippen LogP contribution in [0.4, 0.5) is 5.69 Å². The van der Waals surface area contributed by atoms with E-state index in [0.29, 0.717) is 11.4 Å². The number of sulfonamides is 1. The quantitative estimate of drug-likeness (QED) is 0.679. The first-order valence-corrected chi connectivity index (χ1v) is 10.4. The summed E-state index contributed by atoms with van der Waals surface area (Å²) >= 11 is 0. The predicted molar refractivity (Wildman–Crippen MR) is 95.0 cm³/mol. The van der Waals surface area contributed by atoms with Gasteiger partial charge in [-0.3, -0.25) is 4.31 Å². The van der Waals surface area contributed by atoms with E-state index in [2.05, 4.69) is 4.72 Å². The Hall–Kier alpha value is -1.36. The number of anilines is 1. The van der Waals surface area contributed by atoms with Gasteiger partial charge in [0, 0.05) is 27.7 Å². The summed E-state index contributed by atoms with van der Waals surface area (Å²) in [6.45, 7) is 3.60. The molecule has 24 heavy (non-hydrogen) atoms. The third-order valence-corrected chi connectivity index (χ3v) is 6.41. The molecule has 0 aliphatic carbocycles. The van der Waals surface area contributed by atoms with E-state index in [0.717, 1.165) is 8.61 Å². The van der Waals surface area contributed by atoms with Gasteiger partial charge in [-0.25, -0.2) is 13.1 Å². The molecule has 0 spiro atoms. The van der Waals surface area contributed by atoms with Crippen molar-refractivity contribution in [2.75, 3.05) is 37.7 Å². The molecular weight excluding hydrogens is 354 g/mol. The van der Waals surface area contributed by atoms with Crippen LogP contribution in [-0.2, 0) is 20.2 Å². The summed E-state index contributed by atoms with van der Waals surface area (Å²) in [4.78, 5) is 0. The summed E-state index contributed by atoms with van der Waals surface area (Å²) in [5.74, 6) is 0.305. The molecule has 1 aromatic rings. The molecule has 0 saturated carbocycles. The van der Waals surface area contributed by atoms with Crippen LogP contribution >= 0.6 is 0 Å². The molecule has 0 radical (unpaired) electrons. The van der Waals surface area contributed by atoms with Crippen LogP contribution in [-0.4, -0.2) is 60.7 Å². The van der Waals surface area contributed by atoms with Gasteiger partial charge >= 0.3 is 0 Å². The Morgan fingerprint density at radius 2 is 1.58 bits per heavy atom. The minimum Gasteiger partial charge on any atom is -0.491 e. The Balaban J connectivity index is 2.73. The van der Waals surface area contributed by atoms with Crippen molar-refractivity contribution in [3.63, 3.8) is 0 Å². The molecule has 0 fully saturated rings. The van der Waals surface area contributed by atoms with E-state index in [1.807, 2.05) is 13.8 Å². The zero-order valence-electron chi connectivity index (χ0n) is 14.6. The molecule has 0 aliphatic rings. The van der Waals surface area contributed by atoms with Crippen LogP contribution in [0.5, 0.6) is 5.75 Å². The lowest BCUT2D eigenvalue weighted by atomic mass is 10.3. The SMILES string of the molecule is CC(C)Oc1ccc(N(C)S(=O)(=O)CCNS(=O)(=O)N(C)C)cc1. The molecule has 10 heteroatoms. The summed E-state index contributed by atoms with van der Waals surface area (Å²) in [6, 6.07) is 6.66. The molecule has 0 aromatic heterocycles. The normalized spacial score (nSPS) is 12.6. The molecule has 1 aromatic carbocycles. The van der Waals surface area contributed by atoms with E-state index in [4.69, 9.17) is 4.74 Å². The van der Waals surface area contributed by atoms with Gasteiger partial charge in [0.25, 0.3) is 10.2 Å². The fraction of sp³-hybridized carbons (Fsp3) is 0.571. The van der Waals surface area contributed by atoms with Crippen LogP contribution < -0.4 is 13.8 Å². The van der Waals surface area contributed by atoms with Gasteiger partial charge in [-0.15, -0.1) is 0 Å². The molecule has 1 N–H and O–H groups in total. The second-order valence-electron chi connectivity index (χ2n) is 5.63. The highest BCUT2D eigenvalue weighted by atomic mass is 32.2. The third kappa shape index (κ3) is 5.93. The van der Waals surface area contributed by atoms with E-state index in [1.54, 1.807) is 24.3 Å². The molecule has 1 rings (SSSR count). The van der Waals surface area contributed by atoms with Crippen molar-refractivity contribution < 1.29 is 21.6 Å². The first-order valence-electron chi connectivity index (χ1n) is 7.36. The lowest BCUT2D eigenvalue weighted by Crippen LogP contribution is -2.40. The zero-order valence-corrected chi connectivity index (χ0v) is 16.2. The summed E-state index contributed by atoms with van der Waals surface area (Å²) in [6.07, 6.45) is 0.0297. The van der Waals surface area contributed by atoms with Gasteiger partial charge in [-0.05, 0) is 38.1 Å². The first-order chi connectivity index (χ1) is 11.0. The Kier molecular flexibility index (Phi) is 7.02. The summed E-state index contributed by atoms with van der Waals surface area (Å²) in [7, 11) is -3.14. The monoisotopic (exact) mass is 379 g/mol. The molecule has 8 nitrogen and oxygen atoms in total. The van der Waals surface area contributed by atoms with E-state index in [1.165, 1.54) is 21.1 Å². The van der Waals surface area contributed by atoms with Crippen molar-refractivity contribution in [1.29, 1.82) is 0 Å². The van der Waals surface area contributed by atoms with Gasteiger partial charge in [-0.1, -0.05) is 0 Å². The van der Waals surface area contributed by atoms with E-state index >= 15 is 0 Å². The fourth-order valence-electron chi connectivity index (χ4n) is 1.73. The number of rotatable bonds is 9. The maximum Gasteiger partial charge on any atom is 0.278 e. The van der Waals surface area contributed by atoms with Crippen LogP contribution in [0.2, 0.25) is 0 Å². The average molecular weight is 380 g/mol. The Labute approximate surface area is 144 Å². The van der Waals surface area contributed by atoms with Crippen molar-refractivity contribution in [2.45, 2.75) is 20.0 Å². The smallest absolute Gasteiger partial charge is 0.278 e. The van der Waals surface area contributed by atoms with Crippen LogP contribution in [0.3, 0.4) is 0 Å². The molecule has 0 atom stereocenters. The highest BCUT2D eigenvalue weighted by Gasteiger charge is 2.20. The van der Waals surface area contributed by atoms with Gasteiger partial charge in [-0.2, -0.15) is 12.7 Å². The fourth-order valence-corrected chi connectivity index (χ4v) is 3.56. The molecule has 0 saturated heterocycles. The zero-order chi connectivity index (χ0) is 18.5. The second kappa shape index (κ2) is 8.15. The van der Waals surface area contributed by atoms with Gasteiger partial charge in [0.05, 0.1) is 17.5 Å². The molecule has 0 bridgehead atoms. The van der Waals surface area contributed by atoms with Gasteiger partial charge in [0.1, 0.15) is 5.75 Å². The number of benzene rings is 1. The number of nitrogens with zero attached hydrogens (tertiary/aromatic N) is 2. The van der Waals surface area contributed by atoms with Crippen molar-refractivity contribution in [3.05, 3.63) is 24.3 Å². The van der Waals surface area contributed by atoms with Crippen molar-refractivity contribution in [2.24, 2.45) is 0 Å². The van der Waals surface area contributed by atoms with Crippen LogP contribution in [0, 0.1) is 0 Å². The van der Waals surface area contributed by atoms with Crippen LogP contribution in [0.25, 0.3) is 0 Å². The average Bonchev–Trinajstić information content (AvgIpc) is 2.46. The highest BCUT2D eigenvalue weighted by molar-refractivity contribution is 7.92. The highest BCUT2D eigenvalue weighted by Crippen LogP contribution is 2.21. The summed E-state index contributed by atoms with van der Waals surface area (Å²) in [5, 5.41) is 0. The molecule has 0 amide bonds. The van der Waals surface area contributed by atoms with Crippen LogP contribution in [0.15, 0.2) is 24.3 Å². The maximum atomic E-state index is 12.3. The minimum atomic E-state index is -3.65.